The van der Waals surface area contributed by atoms with Gasteiger partial charge >= 0.3 is 6.09 Å². The summed E-state index contributed by atoms with van der Waals surface area (Å²) in [5.41, 5.74) is 2.11. The molecule has 0 aliphatic carbocycles. The van der Waals surface area contributed by atoms with E-state index in [-0.39, 0.29) is 12.1 Å². The predicted molar refractivity (Wildman–Crippen MR) is 111 cm³/mol. The van der Waals surface area contributed by atoms with E-state index in [4.69, 9.17) is 11.3 Å². The molecule has 3 rings (SSSR count). The van der Waals surface area contributed by atoms with Crippen LogP contribution in [0.15, 0.2) is 22.8 Å². The lowest BCUT2D eigenvalue weighted by Crippen LogP contribution is -2.62. The van der Waals surface area contributed by atoms with E-state index in [1.807, 2.05) is 46.0 Å². The van der Waals surface area contributed by atoms with Crippen molar-refractivity contribution in [2.75, 3.05) is 24.5 Å². The van der Waals surface area contributed by atoms with Crippen LogP contribution in [0.3, 0.4) is 0 Å². The number of aromatic nitrogens is 1. The van der Waals surface area contributed by atoms with Crippen LogP contribution in [0.4, 0.5) is 16.3 Å². The first kappa shape index (κ1) is 19.6. The van der Waals surface area contributed by atoms with Gasteiger partial charge in [0.15, 0.2) is 5.69 Å². The molecule has 144 valence electrons. The van der Waals surface area contributed by atoms with Gasteiger partial charge in [0.05, 0.1) is 12.6 Å². The molecule has 0 radical (unpaired) electrons. The lowest BCUT2D eigenvalue weighted by Gasteiger charge is -2.46. The summed E-state index contributed by atoms with van der Waals surface area (Å²) < 4.78 is 8.56. The number of amides is 1. The van der Waals surface area contributed by atoms with Crippen molar-refractivity contribution in [2.45, 2.75) is 46.3 Å². The summed E-state index contributed by atoms with van der Waals surface area (Å²) in [6.07, 6.45) is 1.76. The Labute approximate surface area is 168 Å². The molecule has 0 atom stereocenters. The monoisotopic (exact) mass is 432 g/mol. The number of nitrogens with zero attached hydrogens (tertiary/aromatic N) is 4. The van der Waals surface area contributed by atoms with Crippen molar-refractivity contribution < 1.29 is 9.53 Å². The highest BCUT2D eigenvalue weighted by Crippen LogP contribution is 2.35. The molecular formula is C20H25BrN4O2. The summed E-state index contributed by atoms with van der Waals surface area (Å²) in [6.45, 7) is 19.3. The molecule has 1 aliphatic heterocycles. The third-order valence-corrected chi connectivity index (χ3v) is 5.17. The molecule has 3 heterocycles. The number of halogens is 1. The smallest absolute Gasteiger partial charge is 0.410 e. The molecule has 0 spiro atoms. The van der Waals surface area contributed by atoms with Gasteiger partial charge in [-0.15, -0.1) is 0 Å². The molecule has 0 saturated carbocycles. The Bertz CT molecular complexity index is 917. The Kier molecular flexibility index (Phi) is 5.13. The molecule has 7 heteroatoms. The van der Waals surface area contributed by atoms with Crippen LogP contribution in [-0.2, 0) is 4.74 Å². The summed E-state index contributed by atoms with van der Waals surface area (Å²) in [6, 6.07) is 4.13. The molecule has 1 saturated heterocycles. The second-order valence-electron chi connectivity index (χ2n) is 7.87. The van der Waals surface area contributed by atoms with Crippen LogP contribution in [0.25, 0.3) is 10.4 Å². The third-order valence-electron chi connectivity index (χ3n) is 4.74. The van der Waals surface area contributed by atoms with Gasteiger partial charge in [-0.2, -0.15) is 0 Å². The lowest BCUT2D eigenvalue weighted by molar-refractivity contribution is 0.00811. The van der Waals surface area contributed by atoms with E-state index in [1.54, 1.807) is 4.90 Å². The summed E-state index contributed by atoms with van der Waals surface area (Å²) >= 11 is 3.54. The highest BCUT2D eigenvalue weighted by molar-refractivity contribution is 9.10. The maximum Gasteiger partial charge on any atom is 0.410 e. The highest BCUT2D eigenvalue weighted by Gasteiger charge is 2.38. The molecule has 1 fully saturated rings. The Morgan fingerprint density at radius 2 is 2.07 bits per heavy atom. The largest absolute Gasteiger partial charge is 0.444 e. The minimum absolute atomic E-state index is 0.201. The Hall–Kier alpha value is -2.20. The zero-order valence-corrected chi connectivity index (χ0v) is 18.0. The third kappa shape index (κ3) is 3.77. The van der Waals surface area contributed by atoms with Crippen LogP contribution in [-0.4, -0.2) is 46.7 Å². The van der Waals surface area contributed by atoms with Crippen LogP contribution in [0, 0.1) is 13.5 Å². The average molecular weight is 433 g/mol. The number of carbonyl (C=O) groups is 1. The fourth-order valence-electron chi connectivity index (χ4n) is 3.46. The van der Waals surface area contributed by atoms with Crippen LogP contribution < -0.4 is 4.90 Å². The summed E-state index contributed by atoms with van der Waals surface area (Å²) in [7, 11) is 0. The van der Waals surface area contributed by atoms with Gasteiger partial charge in [0.25, 0.3) is 0 Å². The number of likely N-dealkylation sites (N-methyl/N-ethyl adjacent to an activating group) is 1. The molecule has 0 N–H and O–H groups in total. The topological polar surface area (TPSA) is 41.5 Å². The van der Waals surface area contributed by atoms with Crippen LogP contribution in [0.1, 0.15) is 33.3 Å². The number of anilines is 1. The van der Waals surface area contributed by atoms with Crippen LogP contribution in [0.2, 0.25) is 0 Å². The quantitative estimate of drug-likeness (QED) is 0.640. The number of carbonyl (C=O) groups excluding carboxylic acids is 1. The first-order valence-electron chi connectivity index (χ1n) is 9.08. The second-order valence-corrected chi connectivity index (χ2v) is 8.78. The number of hydrogen-bond donors (Lipinski definition) is 0. The van der Waals surface area contributed by atoms with E-state index < -0.39 is 5.60 Å². The summed E-state index contributed by atoms with van der Waals surface area (Å²) in [4.78, 5) is 20.0. The molecule has 0 unspecified atom stereocenters. The number of ether oxygens (including phenoxy) is 1. The first-order chi connectivity index (χ1) is 12.6. The summed E-state index contributed by atoms with van der Waals surface area (Å²) in [5, 5.41) is 0. The normalized spacial score (nSPS) is 14.8. The van der Waals surface area contributed by atoms with Gasteiger partial charge in [-0.3, -0.25) is 0 Å². The maximum atomic E-state index is 12.3. The van der Waals surface area contributed by atoms with Crippen molar-refractivity contribution >= 4 is 39.0 Å². The number of likely N-dealkylation sites (tertiary alicyclic amines) is 1. The van der Waals surface area contributed by atoms with Crippen molar-refractivity contribution in [3.63, 3.8) is 0 Å². The number of hydrogen-bond acceptors (Lipinski definition) is 3. The molecular weight excluding hydrogens is 408 g/mol. The molecule has 2 aromatic rings. The first-order valence-corrected chi connectivity index (χ1v) is 9.87. The highest BCUT2D eigenvalue weighted by atomic mass is 79.9. The van der Waals surface area contributed by atoms with E-state index in [0.717, 1.165) is 27.9 Å². The van der Waals surface area contributed by atoms with Gasteiger partial charge in [0, 0.05) is 35.8 Å². The van der Waals surface area contributed by atoms with Gasteiger partial charge < -0.3 is 18.9 Å². The molecule has 27 heavy (non-hydrogen) atoms. The minimum Gasteiger partial charge on any atom is -0.444 e. The van der Waals surface area contributed by atoms with Crippen molar-refractivity contribution in [1.29, 1.82) is 0 Å². The molecule has 1 aliphatic rings. The SMILES string of the molecule is [C-]#[N+]c1cc2cc(Br)cn2c(N(CC)C2CN(C(=O)OC(C)(C)C)C2)c1C. The van der Waals surface area contributed by atoms with E-state index >= 15 is 0 Å². The van der Waals surface area contributed by atoms with Crippen molar-refractivity contribution in [3.8, 4) is 0 Å². The Morgan fingerprint density at radius 3 is 2.63 bits per heavy atom. The average Bonchev–Trinajstić information content (AvgIpc) is 2.88. The molecule has 0 bridgehead atoms. The van der Waals surface area contributed by atoms with Gasteiger partial charge in [-0.25, -0.2) is 9.64 Å². The number of fused-ring (bicyclic) bond motifs is 1. The van der Waals surface area contributed by atoms with Crippen molar-refractivity contribution in [1.82, 2.24) is 9.30 Å². The maximum absolute atomic E-state index is 12.3. The van der Waals surface area contributed by atoms with Crippen molar-refractivity contribution in [3.05, 3.63) is 39.8 Å². The number of pyridine rings is 1. The zero-order valence-electron chi connectivity index (χ0n) is 16.4. The fraction of sp³-hybridized carbons (Fsp3) is 0.500. The predicted octanol–water partition coefficient (Wildman–Crippen LogP) is 5.01. The fourth-order valence-corrected chi connectivity index (χ4v) is 3.90. The Morgan fingerprint density at radius 1 is 1.41 bits per heavy atom. The zero-order chi connectivity index (χ0) is 19.9. The van der Waals surface area contributed by atoms with Crippen LogP contribution >= 0.6 is 15.9 Å². The molecule has 0 aromatic carbocycles. The molecule has 1 amide bonds. The second kappa shape index (κ2) is 7.08. The van der Waals surface area contributed by atoms with Crippen molar-refractivity contribution in [2.24, 2.45) is 0 Å². The van der Waals surface area contributed by atoms with E-state index in [1.165, 1.54) is 0 Å². The minimum atomic E-state index is -0.489. The van der Waals surface area contributed by atoms with Gasteiger partial charge in [0.2, 0.25) is 0 Å². The number of rotatable bonds is 3. The van der Waals surface area contributed by atoms with E-state index in [0.29, 0.717) is 18.8 Å². The van der Waals surface area contributed by atoms with Crippen LogP contribution in [0.5, 0.6) is 0 Å². The van der Waals surface area contributed by atoms with Gasteiger partial charge in [0.1, 0.15) is 11.4 Å². The molecule has 2 aromatic heterocycles. The lowest BCUT2D eigenvalue weighted by atomic mass is 10.1. The molecule has 6 nitrogen and oxygen atoms in total. The standard InChI is InChI=1S/C20H25BrN4O2/c1-7-24(16-11-23(12-16)19(26)27-20(3,4)5)18-13(2)17(22-6)9-15-8-14(21)10-25(15)18/h8-10,16H,7,11-12H2,1-5H3. The summed E-state index contributed by atoms with van der Waals surface area (Å²) in [5.74, 6) is 1.01. The Balaban J connectivity index is 1.89. The van der Waals surface area contributed by atoms with E-state index in [2.05, 4.69) is 37.0 Å². The van der Waals surface area contributed by atoms with Gasteiger partial charge in [-0.05, 0) is 68.2 Å². The van der Waals surface area contributed by atoms with E-state index in [9.17, 15) is 4.79 Å². The van der Waals surface area contributed by atoms with Gasteiger partial charge in [-0.1, -0.05) is 0 Å².